The maximum Gasteiger partial charge on any atom is 0.326 e. The number of hydrogen-bond acceptors (Lipinski definition) is 16. The van der Waals surface area contributed by atoms with E-state index in [1.165, 1.54) is 157 Å². The summed E-state index contributed by atoms with van der Waals surface area (Å²) >= 11 is 0. The molecule has 0 bridgehead atoms. The standard InChI is InChI=1S/C64H80N32O16/c1-49-50(2)67-19-71-37(101)75-23-79-41(105)83-27-87-45(109)91-31-95-47(111)93-29-89-43(107)85-25-81-39(103)77-21-73-35(99)69(17-65(49)33(67)97)51(3)52(73,4)74-22-78-40(104)82(56(81,8)55(77,78)7)26-86-44(108)90(60(89,12)59(85,86)11)30-94-48(112)96(64(95,16)63(93,94)15)32-92-46(110)88(61(87,13)62(91,92)14)28-84-42(106)80(57(79,9)58(83,84)10)24-76-38(102)72(53(71,5)54(75,76)6)20-68(50)34(98)66(49)18-70(51)36(74)100/h17-32H2,1-16H3. The van der Waals surface area contributed by atoms with Crippen molar-refractivity contribution in [3.8, 4) is 0 Å². The Kier molecular flexibility index (Phi) is 9.20. The molecule has 24 saturated heterocycles. The van der Waals surface area contributed by atoms with Gasteiger partial charge in [-0.3, -0.25) is 157 Å². The van der Waals surface area contributed by atoms with Crippen molar-refractivity contribution in [3.63, 3.8) is 0 Å². The highest BCUT2D eigenvalue weighted by atomic mass is 16.3. The summed E-state index contributed by atoms with van der Waals surface area (Å²) in [7, 11) is 0. The Bertz CT molecular complexity index is 3670. The first-order valence-electron chi connectivity index (χ1n) is 37.7. The van der Waals surface area contributed by atoms with Gasteiger partial charge in [-0.15, -0.1) is 0 Å². The van der Waals surface area contributed by atoms with Crippen molar-refractivity contribution in [2.45, 2.75) is 201 Å². The van der Waals surface area contributed by atoms with Crippen molar-refractivity contribution in [1.82, 2.24) is 157 Å². The van der Waals surface area contributed by atoms with Gasteiger partial charge in [0, 0.05) is 0 Å². The molecule has 24 rings (SSSR count). The van der Waals surface area contributed by atoms with Gasteiger partial charge in [0.05, 0.1) is 0 Å². The summed E-state index contributed by atoms with van der Waals surface area (Å²) in [5.74, 6) is 0. The van der Waals surface area contributed by atoms with Gasteiger partial charge in [-0.1, -0.05) is 0 Å². The van der Waals surface area contributed by atoms with Crippen LogP contribution in [0.25, 0.3) is 0 Å². The maximum atomic E-state index is 16.6. The molecule has 0 aromatic heterocycles. The predicted molar refractivity (Wildman–Crippen MR) is 358 cm³/mol. The van der Waals surface area contributed by atoms with Crippen LogP contribution >= 0.6 is 0 Å². The molecule has 24 fully saturated rings. The monoisotopic (exact) mass is 1550 g/mol. The first kappa shape index (κ1) is 64.0. The summed E-state index contributed by atoms with van der Waals surface area (Å²) in [6.07, 6.45) is 0. The molecule has 0 radical (unpaired) electrons. The average molecular weight is 1550 g/mol. The Labute approximate surface area is 635 Å². The van der Waals surface area contributed by atoms with E-state index < -0.39 is 294 Å². The van der Waals surface area contributed by atoms with E-state index in [2.05, 4.69) is 0 Å². The summed E-state index contributed by atoms with van der Waals surface area (Å²) in [5.41, 5.74) is -30.9. The lowest BCUT2D eigenvalue weighted by atomic mass is 9.90. The molecular weight excluding hydrogens is 1470 g/mol. The van der Waals surface area contributed by atoms with Gasteiger partial charge in [0.2, 0.25) is 0 Å². The van der Waals surface area contributed by atoms with Crippen LogP contribution in [0, 0.1) is 0 Å². The third kappa shape index (κ3) is 4.72. The Hall–Kier alpha value is -11.7. The van der Waals surface area contributed by atoms with Crippen molar-refractivity contribution in [1.29, 1.82) is 0 Å². The van der Waals surface area contributed by atoms with E-state index >= 15 is 76.7 Å². The maximum absolute atomic E-state index is 16.6. The first-order valence-corrected chi connectivity index (χ1v) is 37.7. The second-order valence-corrected chi connectivity index (χ2v) is 36.8. The topological polar surface area (TPSA) is 377 Å². The number of amides is 32. The molecule has 0 aromatic rings. The van der Waals surface area contributed by atoms with Gasteiger partial charge in [-0.25, -0.2) is 76.7 Å². The summed E-state index contributed by atoms with van der Waals surface area (Å²) in [5, 5.41) is 0. The van der Waals surface area contributed by atoms with Crippen molar-refractivity contribution >= 4 is 96.5 Å². The highest BCUT2D eigenvalue weighted by Gasteiger charge is 2.92. The average Bonchev–Trinajstić information content (AvgIpc) is 1.47. The third-order valence-corrected chi connectivity index (χ3v) is 35.9. The number of urea groups is 16. The molecule has 24 aliphatic rings. The summed E-state index contributed by atoms with van der Waals surface area (Å²) in [6.45, 7) is 14.9. The number of carbonyl (C=O) groups is 16. The van der Waals surface area contributed by atoms with Crippen LogP contribution in [0.1, 0.15) is 111 Å². The predicted octanol–water partition coefficient (Wildman–Crippen LogP) is -1.31. The molecule has 24 heterocycles. The van der Waals surface area contributed by atoms with E-state index in [1.807, 2.05) is 0 Å². The molecule has 0 atom stereocenters. The SMILES string of the molecule is CC12N3CN4C(=O)N5CN6C(=O)N7CN8C(=O)N9CN%10C(=O)N%11CN%12C(=O)N%13CN%14C(=O)N%15CN%16C(=O)N%17CN(C3=O)C1(C)N1CN3C(=O)N(CN%18C(=O)N(CN%19C(=O)N(CN%20C(=O)N(CN%21C(=O)N(CN%22C(=O)N(CN%23C(=O)N(CN2C1=O)C4(C)C5%23C)C6(C)C7%22C)C8(C)C9%21C)C%10(C)C%11%20C)C%12(C)C%13%19C)C%14(C)C%15%18C)C%16(C)C%173C. The second kappa shape index (κ2) is 16.1. The van der Waals surface area contributed by atoms with E-state index in [0.29, 0.717) is 0 Å². The van der Waals surface area contributed by atoms with Crippen molar-refractivity contribution in [3.05, 3.63) is 0 Å². The van der Waals surface area contributed by atoms with E-state index in [0.717, 1.165) is 0 Å². The van der Waals surface area contributed by atoms with Gasteiger partial charge in [0.25, 0.3) is 0 Å². The quantitative estimate of drug-likeness (QED) is 0.272. The molecule has 48 nitrogen and oxygen atoms in total. The van der Waals surface area contributed by atoms with Crippen LogP contribution in [0.2, 0.25) is 0 Å². The van der Waals surface area contributed by atoms with E-state index in [1.54, 1.807) is 111 Å². The van der Waals surface area contributed by atoms with Gasteiger partial charge in [-0.05, 0) is 111 Å². The zero-order chi connectivity index (χ0) is 79.0. The zero-order valence-electron chi connectivity index (χ0n) is 64.2. The summed E-state index contributed by atoms with van der Waals surface area (Å²) in [6, 6.07) is -12.8. The van der Waals surface area contributed by atoms with Crippen molar-refractivity contribution in [2.75, 3.05) is 107 Å². The zero-order valence-corrected chi connectivity index (χ0v) is 64.2. The molecule has 0 N–H and O–H groups in total. The molecule has 32 amide bonds. The van der Waals surface area contributed by atoms with Crippen LogP contribution < -0.4 is 0 Å². The molecule has 0 unspecified atom stereocenters. The molecule has 0 spiro atoms. The van der Waals surface area contributed by atoms with Gasteiger partial charge in [0.15, 0.2) is 90.6 Å². The van der Waals surface area contributed by atoms with E-state index in [-0.39, 0.29) is 0 Å². The van der Waals surface area contributed by atoms with E-state index in [9.17, 15) is 0 Å². The minimum atomic E-state index is -1.93. The highest BCUT2D eigenvalue weighted by molar-refractivity contribution is 6.00. The molecule has 48 heteroatoms. The Morgan fingerprint density at radius 3 is 0.179 bits per heavy atom. The van der Waals surface area contributed by atoms with Crippen LogP contribution in [-0.4, -0.2) is 451 Å². The Morgan fingerprint density at radius 1 is 0.107 bits per heavy atom. The number of carbonyl (C=O) groups excluding carboxylic acids is 16. The minimum Gasteiger partial charge on any atom is -0.279 e. The molecule has 0 aliphatic carbocycles. The summed E-state index contributed by atoms with van der Waals surface area (Å²) in [4.78, 5) is 308. The molecule has 0 saturated carbocycles. The van der Waals surface area contributed by atoms with Gasteiger partial charge in [-0.2, -0.15) is 0 Å². The van der Waals surface area contributed by atoms with E-state index in [4.69, 9.17) is 0 Å². The normalized spacial score (nSPS) is 47.0. The molecule has 112 heavy (non-hydrogen) atoms. The molecule has 592 valence electrons. The molecular formula is C64H80N32O16. The smallest absolute Gasteiger partial charge is 0.279 e. The third-order valence-electron chi connectivity index (χ3n) is 35.9. The Morgan fingerprint density at radius 2 is 0.143 bits per heavy atom. The summed E-state index contributed by atoms with van der Waals surface area (Å²) < 4.78 is 0. The second-order valence-electron chi connectivity index (χ2n) is 36.8. The lowest BCUT2D eigenvalue weighted by Crippen LogP contribution is -2.76. The fourth-order valence-corrected chi connectivity index (χ4v) is 27.4. The fraction of sp³-hybridized carbons (Fsp3) is 0.750. The molecule has 24 aliphatic heterocycles. The van der Waals surface area contributed by atoms with Crippen LogP contribution in [0.3, 0.4) is 0 Å². The van der Waals surface area contributed by atoms with Gasteiger partial charge >= 0.3 is 96.5 Å². The number of nitrogens with zero attached hydrogens (tertiary/aromatic N) is 32. The fourth-order valence-electron chi connectivity index (χ4n) is 27.4. The van der Waals surface area contributed by atoms with Crippen molar-refractivity contribution < 1.29 is 76.7 Å². The van der Waals surface area contributed by atoms with Crippen LogP contribution in [-0.2, 0) is 0 Å². The number of rotatable bonds is 0. The van der Waals surface area contributed by atoms with Crippen LogP contribution in [0.4, 0.5) is 76.7 Å². The minimum absolute atomic E-state index is 0.667. The lowest BCUT2D eigenvalue weighted by molar-refractivity contribution is -0.162. The lowest BCUT2D eigenvalue weighted by Gasteiger charge is -2.55. The number of hydrogen-bond donors (Lipinski definition) is 0. The highest BCUT2D eigenvalue weighted by Crippen LogP contribution is 2.69. The van der Waals surface area contributed by atoms with Gasteiger partial charge < -0.3 is 0 Å². The Balaban J connectivity index is 0.713. The van der Waals surface area contributed by atoms with Gasteiger partial charge in [0.1, 0.15) is 107 Å². The van der Waals surface area contributed by atoms with Crippen LogP contribution in [0.15, 0.2) is 0 Å². The largest absolute Gasteiger partial charge is 0.326 e. The molecule has 0 aromatic carbocycles. The van der Waals surface area contributed by atoms with Crippen LogP contribution in [0.5, 0.6) is 0 Å². The van der Waals surface area contributed by atoms with Crippen molar-refractivity contribution in [2.24, 2.45) is 0 Å². The first-order chi connectivity index (χ1) is 52.2.